The maximum atomic E-state index is 4.53. The molecule has 0 amide bonds. The van der Waals surface area contributed by atoms with Gasteiger partial charge in [-0.3, -0.25) is 0 Å². The lowest BCUT2D eigenvalue weighted by molar-refractivity contribution is 0.446. The summed E-state index contributed by atoms with van der Waals surface area (Å²) in [5.41, 5.74) is 1.25. The molecule has 2 nitrogen and oxygen atoms in total. The van der Waals surface area contributed by atoms with Crippen LogP contribution in [0.1, 0.15) is 23.5 Å². The van der Waals surface area contributed by atoms with Crippen molar-refractivity contribution in [3.8, 4) is 0 Å². The molecule has 0 radical (unpaired) electrons. The Morgan fingerprint density at radius 1 is 1.73 bits per heavy atom. The Balaban J connectivity index is 2.11. The van der Waals surface area contributed by atoms with E-state index in [1.54, 1.807) is 11.3 Å². The summed E-state index contributed by atoms with van der Waals surface area (Å²) < 4.78 is 0. The third-order valence-electron chi connectivity index (χ3n) is 2.06. The van der Waals surface area contributed by atoms with Crippen LogP contribution in [0, 0.1) is 0 Å². The molecule has 0 spiro atoms. The monoisotopic (exact) mass is 168 g/mol. The highest BCUT2D eigenvalue weighted by Crippen LogP contribution is 2.23. The molecule has 0 aliphatic carbocycles. The average molecular weight is 168 g/mol. The molecule has 1 aliphatic heterocycles. The first kappa shape index (κ1) is 7.25. The first-order valence-corrected chi connectivity index (χ1v) is 4.93. The predicted octanol–water partition coefficient (Wildman–Crippen LogP) is 1.39. The second-order valence-electron chi connectivity index (χ2n) is 2.89. The number of nitrogens with one attached hydrogen (secondary N) is 1. The molecule has 1 aromatic heterocycles. The molecule has 0 atom stereocenters. The number of rotatable bonds is 2. The molecule has 2 heterocycles. The van der Waals surface area contributed by atoms with Gasteiger partial charge in [0.2, 0.25) is 0 Å². The zero-order chi connectivity index (χ0) is 7.68. The minimum absolute atomic E-state index is 0.709. The van der Waals surface area contributed by atoms with Crippen molar-refractivity contribution in [3.05, 3.63) is 16.1 Å². The number of hydrogen-bond acceptors (Lipinski definition) is 3. The van der Waals surface area contributed by atoms with Gasteiger partial charge in [0.05, 0.1) is 10.7 Å². The lowest BCUT2D eigenvalue weighted by Crippen LogP contribution is -2.39. The van der Waals surface area contributed by atoms with Crippen LogP contribution in [-0.4, -0.2) is 18.1 Å². The number of hydrogen-bond donors (Lipinski definition) is 1. The van der Waals surface area contributed by atoms with E-state index in [0.29, 0.717) is 5.92 Å². The summed E-state index contributed by atoms with van der Waals surface area (Å²) in [6.07, 6.45) is 1.07. The van der Waals surface area contributed by atoms with Crippen LogP contribution in [0.3, 0.4) is 0 Å². The quantitative estimate of drug-likeness (QED) is 0.722. The van der Waals surface area contributed by atoms with E-state index in [2.05, 4.69) is 22.6 Å². The number of nitrogens with zero attached hydrogens (tertiary/aromatic N) is 1. The van der Waals surface area contributed by atoms with Crippen molar-refractivity contribution in [1.29, 1.82) is 0 Å². The normalized spacial score (nSPS) is 18.3. The molecule has 1 aromatic rings. The van der Waals surface area contributed by atoms with Crippen LogP contribution in [0.25, 0.3) is 0 Å². The van der Waals surface area contributed by atoms with Crippen LogP contribution >= 0.6 is 11.3 Å². The van der Waals surface area contributed by atoms with Crippen molar-refractivity contribution in [2.75, 3.05) is 13.1 Å². The first-order chi connectivity index (χ1) is 5.40. The van der Waals surface area contributed by atoms with Gasteiger partial charge in [-0.2, -0.15) is 0 Å². The van der Waals surface area contributed by atoms with E-state index in [1.807, 2.05) is 0 Å². The summed E-state index contributed by atoms with van der Waals surface area (Å²) in [6, 6.07) is 0. The minimum atomic E-state index is 0.709. The summed E-state index contributed by atoms with van der Waals surface area (Å²) >= 11 is 1.81. The van der Waals surface area contributed by atoms with E-state index in [0.717, 1.165) is 19.5 Å². The Labute approximate surface area is 70.7 Å². The van der Waals surface area contributed by atoms with Gasteiger partial charge in [-0.1, -0.05) is 6.92 Å². The van der Waals surface area contributed by atoms with Crippen LogP contribution in [0.15, 0.2) is 5.38 Å². The van der Waals surface area contributed by atoms with Gasteiger partial charge in [0, 0.05) is 24.4 Å². The summed E-state index contributed by atoms with van der Waals surface area (Å²) in [5.74, 6) is 0.709. The van der Waals surface area contributed by atoms with Gasteiger partial charge in [0.25, 0.3) is 0 Å². The lowest BCUT2D eigenvalue weighted by atomic mass is 10.1. The molecular formula is C8H12N2S. The van der Waals surface area contributed by atoms with Crippen molar-refractivity contribution in [2.24, 2.45) is 0 Å². The van der Waals surface area contributed by atoms with Crippen molar-refractivity contribution < 1.29 is 0 Å². The summed E-state index contributed by atoms with van der Waals surface area (Å²) in [7, 11) is 0. The summed E-state index contributed by atoms with van der Waals surface area (Å²) in [5, 5.41) is 6.75. The molecule has 60 valence electrons. The fourth-order valence-corrected chi connectivity index (χ4v) is 2.14. The highest BCUT2D eigenvalue weighted by Gasteiger charge is 2.21. The van der Waals surface area contributed by atoms with Gasteiger partial charge >= 0.3 is 0 Å². The van der Waals surface area contributed by atoms with E-state index in [4.69, 9.17) is 0 Å². The average Bonchev–Trinajstić information content (AvgIpc) is 2.32. The summed E-state index contributed by atoms with van der Waals surface area (Å²) in [4.78, 5) is 4.53. The molecule has 1 fully saturated rings. The van der Waals surface area contributed by atoms with E-state index in [9.17, 15) is 0 Å². The van der Waals surface area contributed by atoms with E-state index >= 15 is 0 Å². The standard InChI is InChI=1S/C8H12N2S/c1-2-7-5-11-8(10-7)6-3-9-4-6/h5-6,9H,2-4H2,1H3. The molecule has 0 unspecified atom stereocenters. The van der Waals surface area contributed by atoms with E-state index in [1.165, 1.54) is 10.7 Å². The molecule has 1 N–H and O–H groups in total. The van der Waals surface area contributed by atoms with Crippen LogP contribution in [0.4, 0.5) is 0 Å². The molecule has 0 bridgehead atoms. The van der Waals surface area contributed by atoms with Crippen molar-refractivity contribution in [3.63, 3.8) is 0 Å². The molecule has 1 saturated heterocycles. The van der Waals surface area contributed by atoms with E-state index in [-0.39, 0.29) is 0 Å². The zero-order valence-corrected chi connectivity index (χ0v) is 7.45. The van der Waals surface area contributed by atoms with Crippen molar-refractivity contribution in [2.45, 2.75) is 19.3 Å². The Bertz CT molecular complexity index is 240. The van der Waals surface area contributed by atoms with Gasteiger partial charge in [-0.25, -0.2) is 4.98 Å². The Hall–Kier alpha value is -0.410. The minimum Gasteiger partial charge on any atom is -0.315 e. The highest BCUT2D eigenvalue weighted by atomic mass is 32.1. The lowest BCUT2D eigenvalue weighted by Gasteiger charge is -2.24. The van der Waals surface area contributed by atoms with Crippen LogP contribution in [0.5, 0.6) is 0 Å². The summed E-state index contributed by atoms with van der Waals surface area (Å²) in [6.45, 7) is 4.39. The smallest absolute Gasteiger partial charge is 0.0984 e. The third-order valence-corrected chi connectivity index (χ3v) is 3.12. The fraction of sp³-hybridized carbons (Fsp3) is 0.625. The third kappa shape index (κ3) is 1.30. The van der Waals surface area contributed by atoms with Gasteiger partial charge < -0.3 is 5.32 Å². The van der Waals surface area contributed by atoms with Gasteiger partial charge in [0.1, 0.15) is 0 Å². The van der Waals surface area contributed by atoms with E-state index < -0.39 is 0 Å². The van der Waals surface area contributed by atoms with Crippen molar-refractivity contribution >= 4 is 11.3 Å². The van der Waals surface area contributed by atoms with Gasteiger partial charge in [0.15, 0.2) is 0 Å². The SMILES string of the molecule is CCc1csc(C2CNC2)n1. The second kappa shape index (κ2) is 2.91. The number of thiazole rings is 1. The zero-order valence-electron chi connectivity index (χ0n) is 6.63. The maximum absolute atomic E-state index is 4.53. The Morgan fingerprint density at radius 2 is 2.55 bits per heavy atom. The van der Waals surface area contributed by atoms with Crippen molar-refractivity contribution in [1.82, 2.24) is 10.3 Å². The molecule has 2 rings (SSSR count). The largest absolute Gasteiger partial charge is 0.315 e. The maximum Gasteiger partial charge on any atom is 0.0984 e. The molecule has 1 aliphatic rings. The number of aryl methyl sites for hydroxylation is 1. The van der Waals surface area contributed by atoms with Gasteiger partial charge in [-0.05, 0) is 6.42 Å². The van der Waals surface area contributed by atoms with Crippen LogP contribution in [0.2, 0.25) is 0 Å². The van der Waals surface area contributed by atoms with Crippen LogP contribution in [-0.2, 0) is 6.42 Å². The Kier molecular flexibility index (Phi) is 1.92. The molecule has 0 saturated carbocycles. The second-order valence-corrected chi connectivity index (χ2v) is 3.78. The Morgan fingerprint density at radius 3 is 3.00 bits per heavy atom. The highest BCUT2D eigenvalue weighted by molar-refractivity contribution is 7.09. The first-order valence-electron chi connectivity index (χ1n) is 4.05. The molecule has 3 heteroatoms. The van der Waals surface area contributed by atoms with Gasteiger partial charge in [-0.15, -0.1) is 11.3 Å². The fourth-order valence-electron chi connectivity index (χ4n) is 1.14. The molecular weight excluding hydrogens is 156 g/mol. The topological polar surface area (TPSA) is 24.9 Å². The predicted molar refractivity (Wildman–Crippen MR) is 47.1 cm³/mol. The number of aromatic nitrogens is 1. The molecule has 11 heavy (non-hydrogen) atoms. The van der Waals surface area contributed by atoms with Crippen LogP contribution < -0.4 is 5.32 Å². The molecule has 0 aromatic carbocycles.